The van der Waals surface area contributed by atoms with Crippen LogP contribution in [-0.2, 0) is 9.47 Å². The van der Waals surface area contributed by atoms with Gasteiger partial charge in [0.15, 0.2) is 0 Å². The summed E-state index contributed by atoms with van der Waals surface area (Å²) in [6.07, 6.45) is 1.77. The lowest BCUT2D eigenvalue weighted by atomic mass is 10.2. The number of ether oxygens (including phenoxy) is 3. The molecule has 0 saturated heterocycles. The van der Waals surface area contributed by atoms with Crippen molar-refractivity contribution in [2.24, 2.45) is 0 Å². The molecule has 0 saturated carbocycles. The zero-order chi connectivity index (χ0) is 14.6. The molecule has 0 amide bonds. The fourth-order valence-corrected chi connectivity index (χ4v) is 1.54. The average molecular weight is 282 g/mol. The third-order valence-electron chi connectivity index (χ3n) is 2.50. The summed E-state index contributed by atoms with van der Waals surface area (Å²) in [5.41, 5.74) is 0.229. The van der Waals surface area contributed by atoms with Crippen LogP contribution in [0, 0.1) is 0 Å². The zero-order valence-electron chi connectivity index (χ0n) is 11.8. The molecule has 0 unspecified atom stereocenters. The highest BCUT2D eigenvalue weighted by molar-refractivity contribution is 5.87. The van der Waals surface area contributed by atoms with Gasteiger partial charge in [-0.2, -0.15) is 0 Å². The first kappa shape index (κ1) is 16.5. The van der Waals surface area contributed by atoms with Gasteiger partial charge in [0.1, 0.15) is 5.75 Å². The standard InChI is InChI=1S/C15H22O5/c1-2-7-18-10-11-19-8-4-9-20-14-6-3-5-13(12-14)15(16)17/h3,5-6,12H,2,4,7-11H2,1H3,(H,16,17). The summed E-state index contributed by atoms with van der Waals surface area (Å²) < 4.78 is 16.1. The summed E-state index contributed by atoms with van der Waals surface area (Å²) in [7, 11) is 0. The molecule has 1 N–H and O–H groups in total. The maximum absolute atomic E-state index is 10.8. The first-order valence-corrected chi connectivity index (χ1v) is 6.85. The van der Waals surface area contributed by atoms with Gasteiger partial charge in [-0.15, -0.1) is 0 Å². The molecule has 0 aromatic heterocycles. The second-order valence-corrected chi connectivity index (χ2v) is 4.26. The molecule has 0 bridgehead atoms. The molecule has 1 aromatic carbocycles. The van der Waals surface area contributed by atoms with Crippen LogP contribution >= 0.6 is 0 Å². The number of hydrogen-bond donors (Lipinski definition) is 1. The molecule has 0 spiro atoms. The van der Waals surface area contributed by atoms with Crippen LogP contribution in [0.15, 0.2) is 24.3 Å². The molecule has 1 rings (SSSR count). The van der Waals surface area contributed by atoms with E-state index in [0.717, 1.165) is 19.4 Å². The highest BCUT2D eigenvalue weighted by Crippen LogP contribution is 2.13. The Bertz CT molecular complexity index is 392. The van der Waals surface area contributed by atoms with E-state index in [1.807, 2.05) is 0 Å². The Hall–Kier alpha value is -1.59. The van der Waals surface area contributed by atoms with E-state index in [2.05, 4.69) is 6.92 Å². The molecule has 0 atom stereocenters. The molecule has 5 nitrogen and oxygen atoms in total. The SMILES string of the molecule is CCCOCCOCCCOc1cccc(C(=O)O)c1. The Kier molecular flexibility index (Phi) is 8.42. The maximum Gasteiger partial charge on any atom is 0.335 e. The minimum Gasteiger partial charge on any atom is -0.493 e. The third kappa shape index (κ3) is 7.11. The van der Waals surface area contributed by atoms with Crippen LogP contribution in [0.5, 0.6) is 5.75 Å². The van der Waals surface area contributed by atoms with Gasteiger partial charge in [-0.05, 0) is 24.6 Å². The topological polar surface area (TPSA) is 65.0 Å². The lowest BCUT2D eigenvalue weighted by Gasteiger charge is -2.07. The minimum absolute atomic E-state index is 0.229. The van der Waals surface area contributed by atoms with Crippen LogP contribution in [0.25, 0.3) is 0 Å². The van der Waals surface area contributed by atoms with Crippen LogP contribution in [0.4, 0.5) is 0 Å². The smallest absolute Gasteiger partial charge is 0.335 e. The normalized spacial score (nSPS) is 10.4. The van der Waals surface area contributed by atoms with Gasteiger partial charge in [0.05, 0.1) is 25.4 Å². The van der Waals surface area contributed by atoms with E-state index >= 15 is 0 Å². The van der Waals surface area contributed by atoms with E-state index in [4.69, 9.17) is 19.3 Å². The van der Waals surface area contributed by atoms with Crippen molar-refractivity contribution >= 4 is 5.97 Å². The van der Waals surface area contributed by atoms with Crippen molar-refractivity contribution in [1.82, 2.24) is 0 Å². The van der Waals surface area contributed by atoms with Gasteiger partial charge >= 0.3 is 5.97 Å². The summed E-state index contributed by atoms with van der Waals surface area (Å²) >= 11 is 0. The average Bonchev–Trinajstić information content (AvgIpc) is 2.46. The Morgan fingerprint density at radius 2 is 1.85 bits per heavy atom. The minimum atomic E-state index is -0.953. The van der Waals surface area contributed by atoms with Crippen LogP contribution in [0.3, 0.4) is 0 Å². The number of aromatic carboxylic acids is 1. The second-order valence-electron chi connectivity index (χ2n) is 4.26. The number of carboxylic acids is 1. The van der Waals surface area contributed by atoms with Crippen molar-refractivity contribution in [1.29, 1.82) is 0 Å². The molecule has 0 aliphatic rings. The van der Waals surface area contributed by atoms with Crippen molar-refractivity contribution in [2.75, 3.05) is 33.0 Å². The monoisotopic (exact) mass is 282 g/mol. The van der Waals surface area contributed by atoms with Crippen LogP contribution < -0.4 is 4.74 Å². The summed E-state index contributed by atoms with van der Waals surface area (Å²) in [4.78, 5) is 10.8. The van der Waals surface area contributed by atoms with E-state index in [1.165, 1.54) is 12.1 Å². The van der Waals surface area contributed by atoms with Crippen molar-refractivity contribution in [3.63, 3.8) is 0 Å². The number of carbonyl (C=O) groups is 1. The van der Waals surface area contributed by atoms with E-state index in [9.17, 15) is 4.79 Å². The molecular weight excluding hydrogens is 260 g/mol. The lowest BCUT2D eigenvalue weighted by Crippen LogP contribution is -2.08. The predicted octanol–water partition coefficient (Wildman–Crippen LogP) is 2.60. The van der Waals surface area contributed by atoms with Crippen LogP contribution in [0.2, 0.25) is 0 Å². The highest BCUT2D eigenvalue weighted by Gasteiger charge is 2.03. The quantitative estimate of drug-likeness (QED) is 0.632. The van der Waals surface area contributed by atoms with Crippen molar-refractivity contribution in [2.45, 2.75) is 19.8 Å². The first-order chi connectivity index (χ1) is 9.74. The second kappa shape index (κ2) is 10.2. The number of hydrogen-bond acceptors (Lipinski definition) is 4. The number of benzene rings is 1. The lowest BCUT2D eigenvalue weighted by molar-refractivity contribution is 0.0438. The van der Waals surface area contributed by atoms with Gasteiger partial charge in [0, 0.05) is 19.6 Å². The van der Waals surface area contributed by atoms with Gasteiger partial charge in [0.2, 0.25) is 0 Å². The largest absolute Gasteiger partial charge is 0.493 e. The number of carboxylic acid groups (broad SMARTS) is 1. The van der Waals surface area contributed by atoms with Crippen LogP contribution in [0.1, 0.15) is 30.1 Å². The van der Waals surface area contributed by atoms with Gasteiger partial charge in [-0.1, -0.05) is 13.0 Å². The molecule has 0 radical (unpaired) electrons. The van der Waals surface area contributed by atoms with Crippen molar-refractivity contribution < 1.29 is 24.1 Å². The fourth-order valence-electron chi connectivity index (χ4n) is 1.54. The molecular formula is C15H22O5. The van der Waals surface area contributed by atoms with Crippen molar-refractivity contribution in [3.8, 4) is 5.75 Å². The van der Waals surface area contributed by atoms with Gasteiger partial charge in [0.25, 0.3) is 0 Å². The Balaban J connectivity index is 2.06. The molecule has 112 valence electrons. The van der Waals surface area contributed by atoms with E-state index in [1.54, 1.807) is 12.1 Å². The molecule has 0 aliphatic carbocycles. The fraction of sp³-hybridized carbons (Fsp3) is 0.533. The molecule has 0 heterocycles. The van der Waals surface area contributed by atoms with E-state index in [-0.39, 0.29) is 5.56 Å². The van der Waals surface area contributed by atoms with Crippen LogP contribution in [-0.4, -0.2) is 44.1 Å². The molecule has 5 heteroatoms. The van der Waals surface area contributed by atoms with Gasteiger partial charge in [-0.3, -0.25) is 0 Å². The Morgan fingerprint density at radius 3 is 2.55 bits per heavy atom. The predicted molar refractivity (Wildman–Crippen MR) is 75.4 cm³/mol. The summed E-state index contributed by atoms with van der Waals surface area (Å²) in [6.45, 7) is 5.15. The maximum atomic E-state index is 10.8. The zero-order valence-corrected chi connectivity index (χ0v) is 11.8. The van der Waals surface area contributed by atoms with Gasteiger partial charge < -0.3 is 19.3 Å². The number of rotatable bonds is 11. The molecule has 0 aliphatic heterocycles. The van der Waals surface area contributed by atoms with Gasteiger partial charge in [-0.25, -0.2) is 4.79 Å². The first-order valence-electron chi connectivity index (χ1n) is 6.85. The summed E-state index contributed by atoms with van der Waals surface area (Å²) in [5, 5.41) is 8.85. The molecule has 1 aromatic rings. The van der Waals surface area contributed by atoms with Crippen molar-refractivity contribution in [3.05, 3.63) is 29.8 Å². The van der Waals surface area contributed by atoms with E-state index < -0.39 is 5.97 Å². The Morgan fingerprint density at radius 1 is 1.10 bits per heavy atom. The highest BCUT2D eigenvalue weighted by atomic mass is 16.5. The van der Waals surface area contributed by atoms with E-state index in [0.29, 0.717) is 32.2 Å². The molecule has 20 heavy (non-hydrogen) atoms. The third-order valence-corrected chi connectivity index (χ3v) is 2.50. The summed E-state index contributed by atoms with van der Waals surface area (Å²) in [6, 6.07) is 6.46. The molecule has 0 fully saturated rings. The Labute approximate surface area is 119 Å². The summed E-state index contributed by atoms with van der Waals surface area (Å²) in [5.74, 6) is -0.387.